The highest BCUT2D eigenvalue weighted by Gasteiger charge is 2.37. The van der Waals surface area contributed by atoms with Crippen molar-refractivity contribution in [1.29, 1.82) is 0 Å². The molecule has 0 radical (unpaired) electrons. The molecule has 3 N–H and O–H groups in total. The number of urea groups is 1. The van der Waals surface area contributed by atoms with Crippen molar-refractivity contribution in [3.05, 3.63) is 29.8 Å². The van der Waals surface area contributed by atoms with Gasteiger partial charge in [-0.15, -0.1) is 0 Å². The minimum atomic E-state index is -0.168. The Balaban J connectivity index is 1.51. The fraction of sp³-hybridized carbons (Fsp3) is 0.579. The van der Waals surface area contributed by atoms with E-state index in [4.69, 9.17) is 0 Å². The highest BCUT2D eigenvalue weighted by Crippen LogP contribution is 2.33. The van der Waals surface area contributed by atoms with Crippen molar-refractivity contribution in [1.82, 2.24) is 15.5 Å². The van der Waals surface area contributed by atoms with E-state index in [0.29, 0.717) is 18.5 Å². The highest BCUT2D eigenvalue weighted by atomic mass is 16.2. The van der Waals surface area contributed by atoms with Crippen LogP contribution in [0.5, 0.6) is 0 Å². The first-order chi connectivity index (χ1) is 12.0. The van der Waals surface area contributed by atoms with Crippen molar-refractivity contribution in [2.75, 3.05) is 19.4 Å². The molecule has 136 valence electrons. The Hall–Kier alpha value is -2.08. The minimum Gasteiger partial charge on any atom is -0.351 e. The first-order valence-corrected chi connectivity index (χ1v) is 9.14. The molecule has 0 spiro atoms. The van der Waals surface area contributed by atoms with E-state index in [9.17, 15) is 9.59 Å². The van der Waals surface area contributed by atoms with E-state index in [1.807, 2.05) is 24.3 Å². The van der Waals surface area contributed by atoms with E-state index in [2.05, 4.69) is 16.0 Å². The Morgan fingerprint density at radius 1 is 1.24 bits per heavy atom. The maximum Gasteiger partial charge on any atom is 0.321 e. The standard InChI is InChI=1S/C19H28N4O2/c1-23(2)19(25)21-15-8-5-6-13(10-15)12-20-18(24)17-11-14-7-3-4-9-16(14)22-17/h5-6,8,10,14,16-17,22H,3-4,7,9,11-12H2,1-2H3,(H,20,24)(H,21,25). The van der Waals surface area contributed by atoms with Crippen LogP contribution < -0.4 is 16.0 Å². The number of anilines is 1. The molecule has 25 heavy (non-hydrogen) atoms. The smallest absolute Gasteiger partial charge is 0.321 e. The Bertz CT molecular complexity index is 618. The summed E-state index contributed by atoms with van der Waals surface area (Å²) < 4.78 is 0. The van der Waals surface area contributed by atoms with Crippen LogP contribution in [-0.2, 0) is 11.3 Å². The number of carbonyl (C=O) groups excluding carboxylic acids is 2. The molecule has 3 atom stereocenters. The molecule has 1 saturated heterocycles. The SMILES string of the molecule is CN(C)C(=O)Nc1cccc(CNC(=O)C2CC3CCCCC3N2)c1. The van der Waals surface area contributed by atoms with Crippen molar-refractivity contribution < 1.29 is 9.59 Å². The van der Waals surface area contributed by atoms with E-state index in [0.717, 1.165) is 17.7 Å². The van der Waals surface area contributed by atoms with Crippen LogP contribution in [0.2, 0.25) is 0 Å². The van der Waals surface area contributed by atoms with Gasteiger partial charge in [-0.05, 0) is 42.9 Å². The second kappa shape index (κ2) is 7.87. The summed E-state index contributed by atoms with van der Waals surface area (Å²) in [4.78, 5) is 25.7. The fourth-order valence-electron chi connectivity index (χ4n) is 3.83. The lowest BCUT2D eigenvalue weighted by Crippen LogP contribution is -2.42. The molecule has 3 amide bonds. The average Bonchev–Trinajstić information content (AvgIpc) is 3.04. The number of hydrogen-bond donors (Lipinski definition) is 3. The quantitative estimate of drug-likeness (QED) is 0.785. The Morgan fingerprint density at radius 2 is 2.04 bits per heavy atom. The summed E-state index contributed by atoms with van der Waals surface area (Å²) in [6.07, 6.45) is 5.96. The molecule has 0 bridgehead atoms. The van der Waals surface area contributed by atoms with E-state index in [1.165, 1.54) is 30.6 Å². The van der Waals surface area contributed by atoms with Crippen LogP contribution >= 0.6 is 0 Å². The predicted molar refractivity (Wildman–Crippen MR) is 98.3 cm³/mol. The van der Waals surface area contributed by atoms with Crippen LogP contribution in [0.1, 0.15) is 37.7 Å². The third kappa shape index (κ3) is 4.51. The van der Waals surface area contributed by atoms with Crippen LogP contribution in [0.25, 0.3) is 0 Å². The monoisotopic (exact) mass is 344 g/mol. The van der Waals surface area contributed by atoms with Crippen LogP contribution in [-0.4, -0.2) is 43.0 Å². The van der Waals surface area contributed by atoms with Crippen molar-refractivity contribution in [2.45, 2.75) is 50.7 Å². The summed E-state index contributed by atoms with van der Waals surface area (Å²) >= 11 is 0. The summed E-state index contributed by atoms with van der Waals surface area (Å²) in [5.74, 6) is 0.742. The molecule has 3 unspecified atom stereocenters. The van der Waals surface area contributed by atoms with Crippen LogP contribution in [0.3, 0.4) is 0 Å². The number of nitrogens with one attached hydrogen (secondary N) is 3. The lowest BCUT2D eigenvalue weighted by molar-refractivity contribution is -0.123. The van der Waals surface area contributed by atoms with Gasteiger partial charge in [0.1, 0.15) is 0 Å². The third-order valence-electron chi connectivity index (χ3n) is 5.23. The fourth-order valence-corrected chi connectivity index (χ4v) is 3.83. The van der Waals surface area contributed by atoms with Gasteiger partial charge >= 0.3 is 6.03 Å². The molecule has 1 saturated carbocycles. The zero-order chi connectivity index (χ0) is 17.8. The Morgan fingerprint density at radius 3 is 2.80 bits per heavy atom. The molecular weight excluding hydrogens is 316 g/mol. The first-order valence-electron chi connectivity index (χ1n) is 9.14. The number of benzene rings is 1. The summed E-state index contributed by atoms with van der Waals surface area (Å²) in [5, 5.41) is 9.35. The molecule has 1 aliphatic heterocycles. The van der Waals surface area contributed by atoms with E-state index in [1.54, 1.807) is 14.1 Å². The summed E-state index contributed by atoms with van der Waals surface area (Å²) in [6.45, 7) is 0.470. The molecule has 1 heterocycles. The third-order valence-corrected chi connectivity index (χ3v) is 5.23. The van der Waals surface area contributed by atoms with Gasteiger partial charge in [-0.3, -0.25) is 4.79 Å². The van der Waals surface area contributed by atoms with Crippen molar-refractivity contribution in [2.24, 2.45) is 5.92 Å². The number of hydrogen-bond acceptors (Lipinski definition) is 3. The molecule has 2 fully saturated rings. The molecule has 1 aromatic carbocycles. The number of amides is 3. The van der Waals surface area contributed by atoms with Crippen molar-refractivity contribution in [3.63, 3.8) is 0 Å². The second-order valence-corrected chi connectivity index (χ2v) is 7.35. The molecule has 1 aliphatic carbocycles. The highest BCUT2D eigenvalue weighted by molar-refractivity contribution is 5.89. The number of fused-ring (bicyclic) bond motifs is 1. The van der Waals surface area contributed by atoms with Gasteiger partial charge in [0.05, 0.1) is 6.04 Å². The van der Waals surface area contributed by atoms with Crippen molar-refractivity contribution in [3.8, 4) is 0 Å². The average molecular weight is 344 g/mol. The second-order valence-electron chi connectivity index (χ2n) is 7.35. The zero-order valence-corrected chi connectivity index (χ0v) is 15.0. The van der Waals surface area contributed by atoms with Gasteiger partial charge in [0.15, 0.2) is 0 Å². The van der Waals surface area contributed by atoms with Gasteiger partial charge in [-0.25, -0.2) is 4.79 Å². The molecule has 6 nitrogen and oxygen atoms in total. The molecule has 2 aliphatic rings. The van der Waals surface area contributed by atoms with Crippen LogP contribution in [0.4, 0.5) is 10.5 Å². The Labute approximate surface area is 149 Å². The topological polar surface area (TPSA) is 73.5 Å². The summed E-state index contributed by atoms with van der Waals surface area (Å²) in [6, 6.07) is 7.86. The number of rotatable bonds is 4. The minimum absolute atomic E-state index is 0.0651. The van der Waals surface area contributed by atoms with Gasteiger partial charge in [-0.1, -0.05) is 25.0 Å². The van der Waals surface area contributed by atoms with Crippen LogP contribution in [0.15, 0.2) is 24.3 Å². The zero-order valence-electron chi connectivity index (χ0n) is 15.0. The van der Waals surface area contributed by atoms with E-state index in [-0.39, 0.29) is 18.0 Å². The van der Waals surface area contributed by atoms with E-state index >= 15 is 0 Å². The molecule has 6 heteroatoms. The van der Waals surface area contributed by atoms with Crippen LogP contribution in [0, 0.1) is 5.92 Å². The maximum absolute atomic E-state index is 12.5. The molecular formula is C19H28N4O2. The summed E-state index contributed by atoms with van der Waals surface area (Å²) in [5.41, 5.74) is 1.70. The lowest BCUT2D eigenvalue weighted by atomic mass is 9.85. The van der Waals surface area contributed by atoms with E-state index < -0.39 is 0 Å². The predicted octanol–water partition coefficient (Wildman–Crippen LogP) is 2.32. The summed E-state index contributed by atoms with van der Waals surface area (Å²) in [7, 11) is 3.40. The van der Waals surface area contributed by atoms with Gasteiger partial charge in [0, 0.05) is 32.4 Å². The largest absolute Gasteiger partial charge is 0.351 e. The van der Waals surface area contributed by atoms with Crippen molar-refractivity contribution >= 4 is 17.6 Å². The van der Waals surface area contributed by atoms with Gasteiger partial charge in [-0.2, -0.15) is 0 Å². The molecule has 1 aromatic rings. The maximum atomic E-state index is 12.5. The van der Waals surface area contributed by atoms with Gasteiger partial charge < -0.3 is 20.9 Å². The normalized spacial score (nSPS) is 25.1. The lowest BCUT2D eigenvalue weighted by Gasteiger charge is -2.24. The molecule has 0 aromatic heterocycles. The van der Waals surface area contributed by atoms with Gasteiger partial charge in [0.2, 0.25) is 5.91 Å². The first kappa shape index (κ1) is 17.7. The van der Waals surface area contributed by atoms with Gasteiger partial charge in [0.25, 0.3) is 0 Å². The number of carbonyl (C=O) groups is 2. The number of nitrogens with zero attached hydrogens (tertiary/aromatic N) is 1. The Kier molecular flexibility index (Phi) is 5.58. The molecule has 3 rings (SSSR count).